The van der Waals surface area contributed by atoms with E-state index >= 15 is 0 Å². The topological polar surface area (TPSA) is 91.4 Å². The van der Waals surface area contributed by atoms with Crippen LogP contribution in [-0.4, -0.2) is 49.2 Å². The van der Waals surface area contributed by atoms with Crippen molar-refractivity contribution in [3.05, 3.63) is 66.1 Å². The molecule has 0 atom stereocenters. The van der Waals surface area contributed by atoms with Gasteiger partial charge in [-0.2, -0.15) is 4.98 Å². The number of esters is 1. The van der Waals surface area contributed by atoms with Crippen LogP contribution in [0.25, 0.3) is 0 Å². The number of halogens is 1. The van der Waals surface area contributed by atoms with Gasteiger partial charge in [-0.05, 0) is 48.5 Å². The van der Waals surface area contributed by atoms with E-state index in [2.05, 4.69) is 35.6 Å². The third-order valence-corrected chi connectivity index (χ3v) is 4.92. The van der Waals surface area contributed by atoms with Crippen molar-refractivity contribution in [1.29, 1.82) is 0 Å². The van der Waals surface area contributed by atoms with Gasteiger partial charge in [0.2, 0.25) is 5.95 Å². The van der Waals surface area contributed by atoms with E-state index in [1.165, 1.54) is 7.11 Å². The Morgan fingerprint density at radius 2 is 1.68 bits per heavy atom. The fraction of sp³-hybridized carbons (Fsp3) is 0.227. The average molecular weight is 422 g/mol. The maximum atomic E-state index is 14.3. The van der Waals surface area contributed by atoms with E-state index in [1.807, 2.05) is 24.3 Å². The lowest BCUT2D eigenvalue weighted by atomic mass is 10.2. The van der Waals surface area contributed by atoms with Gasteiger partial charge < -0.3 is 25.6 Å². The number of aromatic nitrogens is 2. The number of nitrogens with zero attached hydrogens (tertiary/aromatic N) is 3. The summed E-state index contributed by atoms with van der Waals surface area (Å²) in [6, 6.07) is 14.5. The molecule has 1 fully saturated rings. The Hall–Kier alpha value is -3.72. The SMILES string of the molecule is COC(=O)c1ccc(Nc2ncc(F)c(Nc3ccc(N4CCNCC4)cc3)n2)cc1. The van der Waals surface area contributed by atoms with Crippen molar-refractivity contribution in [2.45, 2.75) is 0 Å². The summed E-state index contributed by atoms with van der Waals surface area (Å²) in [6.45, 7) is 3.85. The molecular formula is C22H23FN6O2. The van der Waals surface area contributed by atoms with Gasteiger partial charge in [0.15, 0.2) is 11.6 Å². The molecule has 1 saturated heterocycles. The minimum absolute atomic E-state index is 0.0682. The van der Waals surface area contributed by atoms with Crippen LogP contribution in [0.1, 0.15) is 10.4 Å². The van der Waals surface area contributed by atoms with Crippen LogP contribution < -0.4 is 20.9 Å². The maximum absolute atomic E-state index is 14.3. The number of rotatable bonds is 6. The van der Waals surface area contributed by atoms with Gasteiger partial charge in [0.25, 0.3) is 0 Å². The van der Waals surface area contributed by atoms with Crippen LogP contribution in [0.4, 0.5) is 33.2 Å². The van der Waals surface area contributed by atoms with Gasteiger partial charge in [-0.15, -0.1) is 0 Å². The lowest BCUT2D eigenvalue weighted by molar-refractivity contribution is 0.0601. The molecule has 0 bridgehead atoms. The molecule has 0 radical (unpaired) electrons. The molecule has 3 N–H and O–H groups in total. The second kappa shape index (κ2) is 9.40. The molecule has 0 spiro atoms. The van der Waals surface area contributed by atoms with Crippen LogP contribution in [0.15, 0.2) is 54.7 Å². The quantitative estimate of drug-likeness (QED) is 0.522. The van der Waals surface area contributed by atoms with Crippen molar-refractivity contribution < 1.29 is 13.9 Å². The molecule has 1 aliphatic heterocycles. The molecule has 4 rings (SSSR count). The standard InChI is InChI=1S/C22H23FN6O2/c1-31-21(30)15-2-4-17(5-3-15)27-22-25-14-19(23)20(28-22)26-16-6-8-18(9-7-16)29-12-10-24-11-13-29/h2-9,14,24H,10-13H2,1H3,(H2,25,26,27,28). The van der Waals surface area contributed by atoms with Crippen LogP contribution in [-0.2, 0) is 4.74 Å². The smallest absolute Gasteiger partial charge is 0.337 e. The fourth-order valence-corrected chi connectivity index (χ4v) is 3.27. The monoisotopic (exact) mass is 422 g/mol. The third kappa shape index (κ3) is 5.07. The van der Waals surface area contributed by atoms with E-state index in [9.17, 15) is 9.18 Å². The number of hydrogen-bond donors (Lipinski definition) is 3. The second-order valence-corrected chi connectivity index (χ2v) is 6.99. The van der Waals surface area contributed by atoms with Crippen LogP contribution in [0, 0.1) is 5.82 Å². The molecule has 2 aromatic carbocycles. The summed E-state index contributed by atoms with van der Waals surface area (Å²) in [5, 5.41) is 9.33. The fourth-order valence-electron chi connectivity index (χ4n) is 3.27. The number of methoxy groups -OCH3 is 1. The summed E-state index contributed by atoms with van der Waals surface area (Å²) in [5.74, 6) is -0.678. The highest BCUT2D eigenvalue weighted by Gasteiger charge is 2.12. The lowest BCUT2D eigenvalue weighted by Gasteiger charge is -2.29. The zero-order valence-electron chi connectivity index (χ0n) is 17.1. The van der Waals surface area contributed by atoms with Gasteiger partial charge in [-0.1, -0.05) is 0 Å². The number of carbonyl (C=O) groups is 1. The van der Waals surface area contributed by atoms with Crippen LogP contribution in [0.3, 0.4) is 0 Å². The van der Waals surface area contributed by atoms with Gasteiger partial charge >= 0.3 is 5.97 Å². The summed E-state index contributed by atoms with van der Waals surface area (Å²) >= 11 is 0. The molecule has 8 nitrogen and oxygen atoms in total. The molecule has 2 heterocycles. The van der Waals surface area contributed by atoms with Crippen molar-refractivity contribution in [1.82, 2.24) is 15.3 Å². The number of carbonyl (C=O) groups excluding carboxylic acids is 1. The molecule has 0 aliphatic carbocycles. The molecule has 3 aromatic rings. The second-order valence-electron chi connectivity index (χ2n) is 6.99. The minimum atomic E-state index is -0.558. The van der Waals surface area contributed by atoms with Crippen LogP contribution >= 0.6 is 0 Å². The number of nitrogens with one attached hydrogen (secondary N) is 3. The number of hydrogen-bond acceptors (Lipinski definition) is 8. The molecule has 160 valence electrons. The molecule has 1 aromatic heterocycles. The van der Waals surface area contributed by atoms with Crippen molar-refractivity contribution in [2.75, 3.05) is 48.8 Å². The molecule has 0 amide bonds. The first-order chi connectivity index (χ1) is 15.1. The highest BCUT2D eigenvalue weighted by atomic mass is 19.1. The first-order valence-electron chi connectivity index (χ1n) is 9.93. The number of piperazine rings is 1. The Labute approximate surface area is 179 Å². The number of anilines is 5. The normalized spacial score (nSPS) is 13.5. The largest absolute Gasteiger partial charge is 0.465 e. The van der Waals surface area contributed by atoms with E-state index in [0.717, 1.165) is 43.8 Å². The average Bonchev–Trinajstić information content (AvgIpc) is 2.82. The molecule has 0 unspecified atom stereocenters. The molecule has 9 heteroatoms. The predicted octanol–water partition coefficient (Wildman–Crippen LogP) is 3.30. The highest BCUT2D eigenvalue weighted by molar-refractivity contribution is 5.89. The first kappa shape index (κ1) is 20.5. The Balaban J connectivity index is 1.44. The Morgan fingerprint density at radius 1 is 1.03 bits per heavy atom. The Morgan fingerprint density at radius 3 is 2.35 bits per heavy atom. The molecule has 31 heavy (non-hydrogen) atoms. The lowest BCUT2D eigenvalue weighted by Crippen LogP contribution is -2.43. The highest BCUT2D eigenvalue weighted by Crippen LogP contribution is 2.23. The van der Waals surface area contributed by atoms with E-state index in [1.54, 1.807) is 24.3 Å². The van der Waals surface area contributed by atoms with Gasteiger partial charge in [0.05, 0.1) is 18.9 Å². The molecular weight excluding hydrogens is 399 g/mol. The molecule has 1 aliphatic rings. The van der Waals surface area contributed by atoms with Crippen molar-refractivity contribution in [3.63, 3.8) is 0 Å². The summed E-state index contributed by atoms with van der Waals surface area (Å²) in [7, 11) is 1.33. The molecule has 0 saturated carbocycles. The number of benzene rings is 2. The summed E-state index contributed by atoms with van der Waals surface area (Å²) in [5.41, 5.74) is 2.95. The van der Waals surface area contributed by atoms with E-state index in [0.29, 0.717) is 11.3 Å². The van der Waals surface area contributed by atoms with Crippen molar-refractivity contribution >= 4 is 34.8 Å². The Bertz CT molecular complexity index is 1040. The number of ether oxygens (including phenoxy) is 1. The van der Waals surface area contributed by atoms with E-state index in [4.69, 9.17) is 0 Å². The zero-order valence-corrected chi connectivity index (χ0v) is 17.1. The van der Waals surface area contributed by atoms with E-state index < -0.39 is 11.8 Å². The third-order valence-electron chi connectivity index (χ3n) is 4.92. The van der Waals surface area contributed by atoms with E-state index in [-0.39, 0.29) is 11.8 Å². The van der Waals surface area contributed by atoms with Crippen LogP contribution in [0.2, 0.25) is 0 Å². The van der Waals surface area contributed by atoms with Gasteiger partial charge in [-0.3, -0.25) is 0 Å². The van der Waals surface area contributed by atoms with Gasteiger partial charge in [0.1, 0.15) is 0 Å². The first-order valence-corrected chi connectivity index (χ1v) is 9.93. The van der Waals surface area contributed by atoms with Crippen molar-refractivity contribution in [2.24, 2.45) is 0 Å². The maximum Gasteiger partial charge on any atom is 0.337 e. The van der Waals surface area contributed by atoms with Gasteiger partial charge in [-0.25, -0.2) is 14.2 Å². The van der Waals surface area contributed by atoms with Crippen LogP contribution in [0.5, 0.6) is 0 Å². The van der Waals surface area contributed by atoms with Crippen molar-refractivity contribution in [3.8, 4) is 0 Å². The summed E-state index contributed by atoms with van der Waals surface area (Å²) < 4.78 is 18.9. The zero-order chi connectivity index (χ0) is 21.6. The predicted molar refractivity (Wildman–Crippen MR) is 118 cm³/mol. The van der Waals surface area contributed by atoms with Gasteiger partial charge in [0, 0.05) is 43.2 Å². The Kier molecular flexibility index (Phi) is 6.23. The summed E-state index contributed by atoms with van der Waals surface area (Å²) in [4.78, 5) is 22.0. The summed E-state index contributed by atoms with van der Waals surface area (Å²) in [6.07, 6.45) is 1.11. The minimum Gasteiger partial charge on any atom is -0.465 e.